The highest BCUT2D eigenvalue weighted by atomic mass is 16.6. The van der Waals surface area contributed by atoms with E-state index in [-0.39, 0.29) is 17.6 Å². The third kappa shape index (κ3) is 2.95. The van der Waals surface area contributed by atoms with Crippen LogP contribution in [0.5, 0.6) is 0 Å². The van der Waals surface area contributed by atoms with Crippen LogP contribution in [0.1, 0.15) is 34.1 Å². The average Bonchev–Trinajstić information content (AvgIpc) is 3.30. The number of nitrogens with zero attached hydrogens (tertiary/aromatic N) is 3. The Balaban J connectivity index is 1.49. The molecule has 0 spiro atoms. The van der Waals surface area contributed by atoms with Gasteiger partial charge in [-0.2, -0.15) is 5.10 Å². The number of hydrogen-bond donors (Lipinski definition) is 1. The van der Waals surface area contributed by atoms with Crippen LogP contribution in [0.25, 0.3) is 5.69 Å². The minimum Gasteiger partial charge on any atom is -0.344 e. The number of nitro groups is 1. The summed E-state index contributed by atoms with van der Waals surface area (Å²) in [5, 5.41) is 18.0. The first kappa shape index (κ1) is 16.0. The van der Waals surface area contributed by atoms with E-state index >= 15 is 0 Å². The highest BCUT2D eigenvalue weighted by molar-refractivity contribution is 5.92. The second-order valence-corrected chi connectivity index (χ2v) is 6.18. The molecule has 1 heterocycles. The molecule has 2 aromatic carbocycles. The number of carbonyl (C=O) groups is 1. The van der Waals surface area contributed by atoms with Crippen molar-refractivity contribution in [1.82, 2.24) is 15.1 Å². The van der Waals surface area contributed by atoms with Crippen LogP contribution in [0.3, 0.4) is 0 Å². The third-order valence-electron chi connectivity index (χ3n) is 4.58. The van der Waals surface area contributed by atoms with Crippen molar-refractivity contribution in [3.63, 3.8) is 0 Å². The number of nitrogens with one attached hydrogen (secondary N) is 1. The molecule has 0 fully saturated rings. The van der Waals surface area contributed by atoms with Crippen LogP contribution in [0, 0.1) is 10.1 Å². The van der Waals surface area contributed by atoms with E-state index in [9.17, 15) is 14.9 Å². The van der Waals surface area contributed by atoms with Gasteiger partial charge in [0, 0.05) is 18.3 Å². The van der Waals surface area contributed by atoms with Crippen molar-refractivity contribution in [1.29, 1.82) is 0 Å². The molecule has 4 rings (SSSR count). The topological polar surface area (TPSA) is 90.1 Å². The number of aryl methyl sites for hydroxylation is 1. The third-order valence-corrected chi connectivity index (χ3v) is 4.58. The van der Waals surface area contributed by atoms with Gasteiger partial charge >= 0.3 is 0 Å². The molecule has 1 aliphatic carbocycles. The molecule has 0 radical (unpaired) electrons. The standard InChI is InChI=1S/C19H16N4O3/c24-19(20-17-10-5-13-3-1-2-4-16(13)17)18-11-12-22(21-18)14-6-8-15(9-7-14)23(25)26/h1-4,6-9,11-12,17H,5,10H2,(H,20,24). The molecule has 1 amide bonds. The van der Waals surface area contributed by atoms with Gasteiger partial charge in [0.15, 0.2) is 5.69 Å². The predicted molar refractivity (Wildman–Crippen MR) is 95.2 cm³/mol. The van der Waals surface area contributed by atoms with Gasteiger partial charge in [-0.25, -0.2) is 4.68 Å². The lowest BCUT2D eigenvalue weighted by Gasteiger charge is -2.13. The molecule has 7 heteroatoms. The zero-order valence-electron chi connectivity index (χ0n) is 13.8. The van der Waals surface area contributed by atoms with Crippen LogP contribution in [-0.2, 0) is 6.42 Å². The maximum absolute atomic E-state index is 12.5. The Labute approximate surface area is 149 Å². The first-order valence-corrected chi connectivity index (χ1v) is 8.31. The molecule has 26 heavy (non-hydrogen) atoms. The zero-order chi connectivity index (χ0) is 18.1. The minimum atomic E-state index is -0.453. The summed E-state index contributed by atoms with van der Waals surface area (Å²) in [7, 11) is 0. The Morgan fingerprint density at radius 3 is 2.69 bits per heavy atom. The number of carbonyl (C=O) groups excluding carboxylic acids is 1. The lowest BCUT2D eigenvalue weighted by molar-refractivity contribution is -0.384. The largest absolute Gasteiger partial charge is 0.344 e. The van der Waals surface area contributed by atoms with E-state index in [1.165, 1.54) is 22.4 Å². The number of amides is 1. The summed E-state index contributed by atoms with van der Waals surface area (Å²) in [6.07, 6.45) is 3.51. The number of nitro benzene ring substituents is 1. The molecule has 1 aromatic heterocycles. The van der Waals surface area contributed by atoms with Crippen molar-refractivity contribution in [3.8, 4) is 5.69 Å². The van der Waals surface area contributed by atoms with Gasteiger partial charge in [-0.05, 0) is 42.2 Å². The molecule has 0 bridgehead atoms. The van der Waals surface area contributed by atoms with Gasteiger partial charge in [0.1, 0.15) is 0 Å². The van der Waals surface area contributed by atoms with Crippen LogP contribution in [0.4, 0.5) is 5.69 Å². The number of fused-ring (bicyclic) bond motifs is 1. The van der Waals surface area contributed by atoms with Gasteiger partial charge in [-0.15, -0.1) is 0 Å². The molecular weight excluding hydrogens is 332 g/mol. The van der Waals surface area contributed by atoms with E-state index in [0.717, 1.165) is 18.4 Å². The summed E-state index contributed by atoms with van der Waals surface area (Å²) < 4.78 is 1.53. The van der Waals surface area contributed by atoms with Crippen molar-refractivity contribution < 1.29 is 9.72 Å². The summed E-state index contributed by atoms with van der Waals surface area (Å²) >= 11 is 0. The van der Waals surface area contributed by atoms with Crippen LogP contribution in [0.2, 0.25) is 0 Å². The first-order valence-electron chi connectivity index (χ1n) is 8.31. The number of benzene rings is 2. The van der Waals surface area contributed by atoms with Crippen molar-refractivity contribution in [3.05, 3.63) is 87.7 Å². The van der Waals surface area contributed by atoms with Crippen LogP contribution in [-0.4, -0.2) is 20.6 Å². The quantitative estimate of drug-likeness (QED) is 0.579. The second kappa shape index (κ2) is 6.44. The maximum atomic E-state index is 12.5. The average molecular weight is 348 g/mol. The molecular formula is C19H16N4O3. The van der Waals surface area contributed by atoms with Crippen molar-refractivity contribution in [2.75, 3.05) is 0 Å². The highest BCUT2D eigenvalue weighted by Gasteiger charge is 2.24. The Hall–Kier alpha value is -3.48. The lowest BCUT2D eigenvalue weighted by atomic mass is 10.1. The van der Waals surface area contributed by atoms with Crippen molar-refractivity contribution in [2.45, 2.75) is 18.9 Å². The minimum absolute atomic E-state index is 0.00299. The van der Waals surface area contributed by atoms with Gasteiger partial charge in [0.05, 0.1) is 16.7 Å². The van der Waals surface area contributed by atoms with E-state index in [2.05, 4.69) is 16.5 Å². The normalized spacial score (nSPS) is 15.5. The van der Waals surface area contributed by atoms with Crippen molar-refractivity contribution >= 4 is 11.6 Å². The Kier molecular flexibility index (Phi) is 3.96. The number of non-ortho nitro benzene ring substituents is 1. The first-order chi connectivity index (χ1) is 12.6. The Morgan fingerprint density at radius 2 is 1.92 bits per heavy atom. The fourth-order valence-corrected chi connectivity index (χ4v) is 3.26. The van der Waals surface area contributed by atoms with Gasteiger partial charge in [0.2, 0.25) is 0 Å². The second-order valence-electron chi connectivity index (χ2n) is 6.18. The summed E-state index contributed by atoms with van der Waals surface area (Å²) in [6.45, 7) is 0. The van der Waals surface area contributed by atoms with Gasteiger partial charge in [0.25, 0.3) is 11.6 Å². The maximum Gasteiger partial charge on any atom is 0.272 e. The van der Waals surface area contributed by atoms with Crippen LogP contribution >= 0.6 is 0 Å². The summed E-state index contributed by atoms with van der Waals surface area (Å²) in [4.78, 5) is 22.8. The van der Waals surface area contributed by atoms with Crippen LogP contribution in [0.15, 0.2) is 60.8 Å². The number of hydrogen-bond acceptors (Lipinski definition) is 4. The SMILES string of the molecule is O=C(NC1CCc2ccccc21)c1ccn(-c2ccc([N+](=O)[O-])cc2)n1. The van der Waals surface area contributed by atoms with E-state index in [0.29, 0.717) is 11.4 Å². The number of aromatic nitrogens is 2. The zero-order valence-corrected chi connectivity index (χ0v) is 13.8. The molecule has 1 N–H and O–H groups in total. The molecule has 3 aromatic rings. The fourth-order valence-electron chi connectivity index (χ4n) is 3.26. The molecule has 7 nitrogen and oxygen atoms in total. The lowest BCUT2D eigenvalue weighted by Crippen LogP contribution is -2.27. The smallest absolute Gasteiger partial charge is 0.272 e. The van der Waals surface area contributed by atoms with Crippen molar-refractivity contribution in [2.24, 2.45) is 0 Å². The molecule has 0 aliphatic heterocycles. The molecule has 0 saturated carbocycles. The Morgan fingerprint density at radius 1 is 1.15 bits per heavy atom. The van der Waals surface area contributed by atoms with Gasteiger partial charge < -0.3 is 5.32 Å². The summed E-state index contributed by atoms with van der Waals surface area (Å²) in [6, 6.07) is 15.8. The summed E-state index contributed by atoms with van der Waals surface area (Å²) in [5.41, 5.74) is 3.41. The van der Waals surface area contributed by atoms with E-state index in [1.807, 2.05) is 18.2 Å². The van der Waals surface area contributed by atoms with E-state index in [1.54, 1.807) is 24.4 Å². The van der Waals surface area contributed by atoms with E-state index in [4.69, 9.17) is 0 Å². The molecule has 1 unspecified atom stereocenters. The molecule has 0 saturated heterocycles. The fraction of sp³-hybridized carbons (Fsp3) is 0.158. The predicted octanol–water partition coefficient (Wildman–Crippen LogP) is 3.20. The molecule has 1 aliphatic rings. The van der Waals surface area contributed by atoms with Gasteiger partial charge in [-0.1, -0.05) is 24.3 Å². The highest BCUT2D eigenvalue weighted by Crippen LogP contribution is 2.30. The van der Waals surface area contributed by atoms with E-state index < -0.39 is 4.92 Å². The molecule has 1 atom stereocenters. The summed E-state index contributed by atoms with van der Waals surface area (Å²) in [5.74, 6) is -0.229. The molecule has 130 valence electrons. The Bertz CT molecular complexity index is 978. The number of rotatable bonds is 4. The van der Waals surface area contributed by atoms with Crippen LogP contribution < -0.4 is 5.32 Å². The monoisotopic (exact) mass is 348 g/mol. The van der Waals surface area contributed by atoms with Gasteiger partial charge in [-0.3, -0.25) is 14.9 Å².